The van der Waals surface area contributed by atoms with Crippen LogP contribution in [0.15, 0.2) is 18.2 Å². The van der Waals surface area contributed by atoms with Gasteiger partial charge in [0.2, 0.25) is 0 Å². The van der Waals surface area contributed by atoms with Gasteiger partial charge < -0.3 is 0 Å². The number of nitriles is 1. The second-order valence-corrected chi connectivity index (χ2v) is 3.54. The Hall–Kier alpha value is -1.07. The summed E-state index contributed by atoms with van der Waals surface area (Å²) >= 11 is 5.74. The Morgan fingerprint density at radius 1 is 1.36 bits per heavy atom. The molecular weight excluding hydrogens is 201 g/mol. The number of hydrogen-bond donors (Lipinski definition) is 0. The summed E-state index contributed by atoms with van der Waals surface area (Å²) in [4.78, 5) is 0. The van der Waals surface area contributed by atoms with E-state index in [-0.39, 0.29) is 5.82 Å². The van der Waals surface area contributed by atoms with Crippen LogP contribution in [0.3, 0.4) is 0 Å². The summed E-state index contributed by atoms with van der Waals surface area (Å²) in [6, 6.07) is 6.62. The molecule has 1 nitrogen and oxygen atoms in total. The van der Waals surface area contributed by atoms with E-state index in [1.54, 1.807) is 6.07 Å². The normalized spacial score (nSPS) is 9.79. The number of benzene rings is 1. The number of rotatable bonds is 4. The molecule has 14 heavy (non-hydrogen) atoms. The van der Waals surface area contributed by atoms with E-state index in [1.165, 1.54) is 12.1 Å². The first-order chi connectivity index (χ1) is 6.74. The fourth-order valence-corrected chi connectivity index (χ4v) is 1.45. The van der Waals surface area contributed by atoms with E-state index in [9.17, 15) is 4.39 Å². The fourth-order valence-electron chi connectivity index (χ4n) is 1.25. The molecule has 0 bridgehead atoms. The summed E-state index contributed by atoms with van der Waals surface area (Å²) in [5, 5.41) is 8.87. The van der Waals surface area contributed by atoms with Crippen molar-refractivity contribution < 1.29 is 4.39 Å². The van der Waals surface area contributed by atoms with Crippen molar-refractivity contribution >= 4 is 11.6 Å². The minimum absolute atomic E-state index is 0.216. The molecule has 0 unspecified atom stereocenters. The van der Waals surface area contributed by atoms with Crippen molar-refractivity contribution in [2.45, 2.75) is 25.7 Å². The van der Waals surface area contributed by atoms with E-state index in [2.05, 4.69) is 6.07 Å². The molecule has 1 rings (SSSR count). The number of halogens is 2. The molecule has 0 spiro atoms. The number of hydrogen-bond acceptors (Lipinski definition) is 1. The molecule has 0 aliphatic carbocycles. The summed E-state index contributed by atoms with van der Waals surface area (Å²) < 4.78 is 13.2. The summed E-state index contributed by atoms with van der Waals surface area (Å²) in [7, 11) is 0. The smallest absolute Gasteiger partial charge is 0.126 e. The lowest BCUT2D eigenvalue weighted by atomic mass is 10.1. The zero-order valence-corrected chi connectivity index (χ0v) is 8.52. The van der Waals surface area contributed by atoms with Crippen molar-refractivity contribution in [3.8, 4) is 6.07 Å². The molecule has 1 aromatic rings. The summed E-state index contributed by atoms with van der Waals surface area (Å²) in [5.74, 6) is -0.216. The summed E-state index contributed by atoms with van der Waals surface area (Å²) in [6.45, 7) is 0. The van der Waals surface area contributed by atoms with Crippen LogP contribution in [-0.4, -0.2) is 0 Å². The van der Waals surface area contributed by atoms with Crippen molar-refractivity contribution in [3.63, 3.8) is 0 Å². The number of nitrogens with zero attached hydrogens (tertiary/aromatic N) is 1. The van der Waals surface area contributed by atoms with Gasteiger partial charge in [-0.05, 0) is 43.0 Å². The molecule has 0 aliphatic rings. The van der Waals surface area contributed by atoms with Crippen molar-refractivity contribution in [3.05, 3.63) is 34.6 Å². The lowest BCUT2D eigenvalue weighted by molar-refractivity contribution is 0.601. The van der Waals surface area contributed by atoms with Crippen LogP contribution >= 0.6 is 11.6 Å². The molecule has 0 N–H and O–H groups in total. The average molecular weight is 212 g/mol. The standard InChI is InChI=1S/C11H11ClFN/c12-10-5-6-11(13)9(8-10)4-2-1-3-7-14/h5-6,8H,1-4H2. The van der Waals surface area contributed by atoms with E-state index in [0.717, 1.165) is 12.8 Å². The Kier molecular flexibility index (Phi) is 4.42. The highest BCUT2D eigenvalue weighted by molar-refractivity contribution is 6.30. The van der Waals surface area contributed by atoms with Crippen LogP contribution in [0.5, 0.6) is 0 Å². The van der Waals surface area contributed by atoms with Crippen LogP contribution in [-0.2, 0) is 6.42 Å². The predicted octanol–water partition coefficient (Wildman–Crippen LogP) is 3.72. The maximum Gasteiger partial charge on any atom is 0.126 e. The number of unbranched alkanes of at least 4 members (excludes halogenated alkanes) is 2. The highest BCUT2D eigenvalue weighted by Crippen LogP contribution is 2.17. The summed E-state index contributed by atoms with van der Waals surface area (Å²) in [6.07, 6.45) is 2.81. The van der Waals surface area contributed by atoms with Crippen LogP contribution in [0.1, 0.15) is 24.8 Å². The van der Waals surface area contributed by atoms with E-state index < -0.39 is 0 Å². The van der Waals surface area contributed by atoms with E-state index in [0.29, 0.717) is 23.4 Å². The fraction of sp³-hybridized carbons (Fsp3) is 0.364. The molecule has 0 aliphatic heterocycles. The Bertz CT molecular complexity index is 344. The SMILES string of the molecule is N#CCCCCc1cc(Cl)ccc1F. The molecule has 0 fully saturated rings. The second-order valence-electron chi connectivity index (χ2n) is 3.10. The highest BCUT2D eigenvalue weighted by Gasteiger charge is 2.02. The van der Waals surface area contributed by atoms with Crippen LogP contribution < -0.4 is 0 Å². The maximum absolute atomic E-state index is 13.2. The molecule has 0 saturated heterocycles. The molecule has 0 atom stereocenters. The molecule has 0 heterocycles. The first-order valence-corrected chi connectivity index (χ1v) is 4.92. The first kappa shape index (κ1) is 11.0. The maximum atomic E-state index is 13.2. The van der Waals surface area contributed by atoms with E-state index in [4.69, 9.17) is 16.9 Å². The molecule has 0 radical (unpaired) electrons. The van der Waals surface area contributed by atoms with Crippen LogP contribution in [0, 0.1) is 17.1 Å². The Balaban J connectivity index is 2.50. The molecular formula is C11H11ClFN. The van der Waals surface area contributed by atoms with Gasteiger partial charge in [-0.15, -0.1) is 0 Å². The number of aryl methyl sites for hydroxylation is 1. The average Bonchev–Trinajstić information content (AvgIpc) is 2.18. The van der Waals surface area contributed by atoms with Gasteiger partial charge in [-0.2, -0.15) is 5.26 Å². The minimum Gasteiger partial charge on any atom is -0.207 e. The van der Waals surface area contributed by atoms with Gasteiger partial charge >= 0.3 is 0 Å². The highest BCUT2D eigenvalue weighted by atomic mass is 35.5. The molecule has 1 aromatic carbocycles. The Morgan fingerprint density at radius 3 is 2.86 bits per heavy atom. The van der Waals surface area contributed by atoms with Gasteiger partial charge in [0.15, 0.2) is 0 Å². The van der Waals surface area contributed by atoms with Crippen molar-refractivity contribution in [2.75, 3.05) is 0 Å². The third-order valence-corrected chi connectivity index (χ3v) is 2.23. The van der Waals surface area contributed by atoms with E-state index >= 15 is 0 Å². The lowest BCUT2D eigenvalue weighted by Gasteiger charge is -2.02. The van der Waals surface area contributed by atoms with Gasteiger partial charge in [-0.3, -0.25) is 0 Å². The molecule has 3 heteroatoms. The van der Waals surface area contributed by atoms with Gasteiger partial charge in [-0.25, -0.2) is 4.39 Å². The molecule has 74 valence electrons. The zero-order chi connectivity index (χ0) is 10.4. The van der Waals surface area contributed by atoms with Gasteiger partial charge in [0.1, 0.15) is 5.82 Å². The predicted molar refractivity (Wildman–Crippen MR) is 54.6 cm³/mol. The van der Waals surface area contributed by atoms with Gasteiger partial charge in [-0.1, -0.05) is 11.6 Å². The molecule has 0 aromatic heterocycles. The van der Waals surface area contributed by atoms with E-state index in [1.807, 2.05) is 0 Å². The Morgan fingerprint density at radius 2 is 2.14 bits per heavy atom. The largest absolute Gasteiger partial charge is 0.207 e. The molecule has 0 amide bonds. The third kappa shape index (κ3) is 3.35. The first-order valence-electron chi connectivity index (χ1n) is 4.55. The second kappa shape index (κ2) is 5.62. The van der Waals surface area contributed by atoms with Gasteiger partial charge in [0.05, 0.1) is 6.07 Å². The van der Waals surface area contributed by atoms with Crippen LogP contribution in [0.25, 0.3) is 0 Å². The minimum atomic E-state index is -0.216. The van der Waals surface area contributed by atoms with Crippen LogP contribution in [0.4, 0.5) is 4.39 Å². The van der Waals surface area contributed by atoms with Gasteiger partial charge in [0.25, 0.3) is 0 Å². The lowest BCUT2D eigenvalue weighted by Crippen LogP contribution is -1.90. The van der Waals surface area contributed by atoms with Gasteiger partial charge in [0, 0.05) is 11.4 Å². The zero-order valence-electron chi connectivity index (χ0n) is 7.76. The third-order valence-electron chi connectivity index (χ3n) is 1.99. The Labute approximate surface area is 88.1 Å². The van der Waals surface area contributed by atoms with Crippen molar-refractivity contribution in [1.82, 2.24) is 0 Å². The van der Waals surface area contributed by atoms with Crippen LogP contribution in [0.2, 0.25) is 5.02 Å². The topological polar surface area (TPSA) is 23.8 Å². The van der Waals surface area contributed by atoms with Crippen molar-refractivity contribution in [2.24, 2.45) is 0 Å². The monoisotopic (exact) mass is 211 g/mol. The quantitative estimate of drug-likeness (QED) is 0.697. The van der Waals surface area contributed by atoms with Crippen molar-refractivity contribution in [1.29, 1.82) is 5.26 Å². The molecule has 0 saturated carbocycles. The summed E-state index contributed by atoms with van der Waals surface area (Å²) in [5.41, 5.74) is 0.635.